The lowest BCUT2D eigenvalue weighted by Crippen LogP contribution is -2.36. The van der Waals surface area contributed by atoms with Crippen LogP contribution in [0.15, 0.2) is 41.1 Å². The highest BCUT2D eigenvalue weighted by molar-refractivity contribution is 7.89. The van der Waals surface area contributed by atoms with E-state index in [9.17, 15) is 12.8 Å². The fraction of sp³-hybridized carbons (Fsp3) is 0.500. The van der Waals surface area contributed by atoms with Crippen LogP contribution in [0.2, 0.25) is 0 Å². The van der Waals surface area contributed by atoms with E-state index in [1.807, 2.05) is 0 Å². The van der Waals surface area contributed by atoms with Gasteiger partial charge in [0.1, 0.15) is 18.2 Å². The molecule has 5 nitrogen and oxygen atoms in total. The molecule has 0 saturated heterocycles. The Labute approximate surface area is 136 Å². The summed E-state index contributed by atoms with van der Waals surface area (Å²) in [6.45, 7) is -0.108. The van der Waals surface area contributed by atoms with Gasteiger partial charge in [-0.3, -0.25) is 0 Å². The predicted molar refractivity (Wildman–Crippen MR) is 87.4 cm³/mol. The molecule has 2 rings (SSSR count). The molecule has 7 heteroatoms. The highest BCUT2D eigenvalue weighted by Gasteiger charge is 2.21. The molecule has 0 spiro atoms. The zero-order valence-electron chi connectivity index (χ0n) is 13.0. The summed E-state index contributed by atoms with van der Waals surface area (Å²) in [4.78, 5) is 0.188. The van der Waals surface area contributed by atoms with E-state index in [-0.39, 0.29) is 24.1 Å². The molecule has 0 aromatic heterocycles. The SMILES string of the molecule is NC/C=C(\F)COc1ccc(S(=O)(=O)NC2CCCCC2)cc1. The third kappa shape index (κ3) is 5.60. The van der Waals surface area contributed by atoms with E-state index in [1.165, 1.54) is 36.8 Å². The maximum atomic E-state index is 13.2. The van der Waals surface area contributed by atoms with Crippen LogP contribution in [0.3, 0.4) is 0 Å². The molecule has 3 N–H and O–H groups in total. The molecule has 0 unspecified atom stereocenters. The van der Waals surface area contributed by atoms with Crippen molar-refractivity contribution in [1.82, 2.24) is 4.72 Å². The van der Waals surface area contributed by atoms with Gasteiger partial charge in [-0.15, -0.1) is 0 Å². The van der Waals surface area contributed by atoms with Gasteiger partial charge in [-0.05, 0) is 43.2 Å². The van der Waals surface area contributed by atoms with Crippen molar-refractivity contribution in [3.63, 3.8) is 0 Å². The number of ether oxygens (including phenoxy) is 1. The van der Waals surface area contributed by atoms with Gasteiger partial charge in [-0.25, -0.2) is 17.5 Å². The number of nitrogens with two attached hydrogens (primary N) is 1. The number of halogens is 1. The van der Waals surface area contributed by atoms with Gasteiger partial charge in [0.2, 0.25) is 10.0 Å². The topological polar surface area (TPSA) is 81.4 Å². The van der Waals surface area contributed by atoms with Gasteiger partial charge in [0, 0.05) is 12.6 Å². The largest absolute Gasteiger partial charge is 0.487 e. The second-order valence-electron chi connectivity index (χ2n) is 5.60. The number of nitrogens with one attached hydrogen (secondary N) is 1. The fourth-order valence-corrected chi connectivity index (χ4v) is 3.87. The molecule has 0 radical (unpaired) electrons. The van der Waals surface area contributed by atoms with Gasteiger partial charge < -0.3 is 10.5 Å². The summed E-state index contributed by atoms with van der Waals surface area (Å²) in [6, 6.07) is 5.98. The molecule has 0 aliphatic heterocycles. The van der Waals surface area contributed by atoms with E-state index in [2.05, 4.69) is 4.72 Å². The Balaban J connectivity index is 1.96. The van der Waals surface area contributed by atoms with Crippen molar-refractivity contribution in [3.8, 4) is 5.75 Å². The number of sulfonamides is 1. The summed E-state index contributed by atoms with van der Waals surface area (Å²) in [7, 11) is -3.52. The molecule has 1 fully saturated rings. The van der Waals surface area contributed by atoms with Crippen LogP contribution in [0, 0.1) is 0 Å². The van der Waals surface area contributed by atoms with Crippen molar-refractivity contribution < 1.29 is 17.5 Å². The van der Waals surface area contributed by atoms with Crippen LogP contribution in [0.1, 0.15) is 32.1 Å². The molecule has 23 heavy (non-hydrogen) atoms. The third-order valence-electron chi connectivity index (χ3n) is 3.78. The second-order valence-corrected chi connectivity index (χ2v) is 7.32. The monoisotopic (exact) mass is 342 g/mol. The molecule has 1 aliphatic carbocycles. The number of hydrogen-bond acceptors (Lipinski definition) is 4. The van der Waals surface area contributed by atoms with Crippen LogP contribution in [-0.4, -0.2) is 27.6 Å². The van der Waals surface area contributed by atoms with Gasteiger partial charge in [0.15, 0.2) is 0 Å². The smallest absolute Gasteiger partial charge is 0.240 e. The van der Waals surface area contributed by atoms with Gasteiger partial charge in [0.05, 0.1) is 4.90 Å². The summed E-state index contributed by atoms with van der Waals surface area (Å²) in [5.74, 6) is -0.0506. The molecular formula is C16H23FN2O3S. The van der Waals surface area contributed by atoms with Crippen molar-refractivity contribution in [2.24, 2.45) is 5.73 Å². The van der Waals surface area contributed by atoms with Crippen LogP contribution in [0.4, 0.5) is 4.39 Å². The molecule has 0 atom stereocenters. The van der Waals surface area contributed by atoms with Gasteiger partial charge >= 0.3 is 0 Å². The first-order valence-corrected chi connectivity index (χ1v) is 9.29. The van der Waals surface area contributed by atoms with E-state index < -0.39 is 15.9 Å². The summed E-state index contributed by atoms with van der Waals surface area (Å²) >= 11 is 0. The number of hydrogen-bond donors (Lipinski definition) is 2. The molecule has 0 heterocycles. The quantitative estimate of drug-likeness (QED) is 0.798. The summed E-state index contributed by atoms with van der Waals surface area (Å²) in [5.41, 5.74) is 5.20. The maximum absolute atomic E-state index is 13.2. The van der Waals surface area contributed by atoms with E-state index in [1.54, 1.807) is 0 Å². The predicted octanol–water partition coefficient (Wildman–Crippen LogP) is 2.49. The Bertz CT molecular complexity index is 623. The fourth-order valence-electron chi connectivity index (χ4n) is 2.56. The first-order chi connectivity index (χ1) is 11.0. The van der Waals surface area contributed by atoms with Crippen LogP contribution in [0.5, 0.6) is 5.75 Å². The highest BCUT2D eigenvalue weighted by Crippen LogP contribution is 2.21. The summed E-state index contributed by atoms with van der Waals surface area (Å²) in [5, 5.41) is 0. The molecule has 128 valence electrons. The van der Waals surface area contributed by atoms with Crippen molar-refractivity contribution in [2.75, 3.05) is 13.2 Å². The second kappa shape index (κ2) is 8.42. The minimum atomic E-state index is -3.52. The third-order valence-corrected chi connectivity index (χ3v) is 5.31. The Morgan fingerprint density at radius 2 is 1.91 bits per heavy atom. The molecule has 1 saturated carbocycles. The molecule has 1 aromatic carbocycles. The van der Waals surface area contributed by atoms with Gasteiger partial charge in [0.25, 0.3) is 0 Å². The van der Waals surface area contributed by atoms with Crippen molar-refractivity contribution in [2.45, 2.75) is 43.0 Å². The van der Waals surface area contributed by atoms with Crippen LogP contribution < -0.4 is 15.2 Å². The summed E-state index contributed by atoms with van der Waals surface area (Å²) in [6.07, 6.45) is 6.27. The zero-order chi connectivity index (χ0) is 16.7. The normalized spacial score (nSPS) is 17.2. The van der Waals surface area contributed by atoms with Gasteiger partial charge in [-0.2, -0.15) is 0 Å². The first kappa shape index (κ1) is 17.9. The van der Waals surface area contributed by atoms with Crippen LogP contribution >= 0.6 is 0 Å². The van der Waals surface area contributed by atoms with Crippen molar-refractivity contribution >= 4 is 10.0 Å². The average molecular weight is 342 g/mol. The van der Waals surface area contributed by atoms with Crippen LogP contribution in [-0.2, 0) is 10.0 Å². The minimum Gasteiger partial charge on any atom is -0.487 e. The maximum Gasteiger partial charge on any atom is 0.240 e. The lowest BCUT2D eigenvalue weighted by atomic mass is 9.96. The van der Waals surface area contributed by atoms with E-state index >= 15 is 0 Å². The molecule has 0 bridgehead atoms. The average Bonchev–Trinajstić information content (AvgIpc) is 2.54. The lowest BCUT2D eigenvalue weighted by molar-refractivity contribution is 0.318. The lowest BCUT2D eigenvalue weighted by Gasteiger charge is -2.22. The van der Waals surface area contributed by atoms with E-state index in [0.29, 0.717) is 5.75 Å². The Kier molecular flexibility index (Phi) is 6.56. The number of rotatable bonds is 7. The highest BCUT2D eigenvalue weighted by atomic mass is 32.2. The van der Waals surface area contributed by atoms with Gasteiger partial charge in [-0.1, -0.05) is 19.3 Å². The number of benzene rings is 1. The van der Waals surface area contributed by atoms with Crippen molar-refractivity contribution in [3.05, 3.63) is 36.2 Å². The Hall–Kier alpha value is -1.44. The molecular weight excluding hydrogens is 319 g/mol. The first-order valence-electron chi connectivity index (χ1n) is 7.81. The molecule has 1 aliphatic rings. The molecule has 0 amide bonds. The van der Waals surface area contributed by atoms with E-state index in [4.69, 9.17) is 10.5 Å². The summed E-state index contributed by atoms with van der Waals surface area (Å²) < 4.78 is 45.8. The standard InChI is InChI=1S/C16H23FN2O3S/c17-13(10-11-18)12-22-15-6-8-16(9-7-15)23(20,21)19-14-4-2-1-3-5-14/h6-10,14,19H,1-5,11-12,18H2/b13-10-. The Morgan fingerprint density at radius 3 is 2.52 bits per heavy atom. The minimum absolute atomic E-state index is 0.0140. The molecule has 1 aromatic rings. The Morgan fingerprint density at radius 1 is 1.26 bits per heavy atom. The van der Waals surface area contributed by atoms with Crippen LogP contribution in [0.25, 0.3) is 0 Å². The zero-order valence-corrected chi connectivity index (χ0v) is 13.8. The van der Waals surface area contributed by atoms with Crippen molar-refractivity contribution in [1.29, 1.82) is 0 Å². The van der Waals surface area contributed by atoms with E-state index in [0.717, 1.165) is 25.7 Å².